The summed E-state index contributed by atoms with van der Waals surface area (Å²) in [6, 6.07) is 13.4. The number of phenolic OH excluding ortho intramolecular Hbond substituents is 1. The van der Waals surface area contributed by atoms with Gasteiger partial charge in [0.05, 0.1) is 7.11 Å². The maximum atomic E-state index is 12.4. The lowest BCUT2D eigenvalue weighted by Crippen LogP contribution is -2.31. The van der Waals surface area contributed by atoms with Crippen LogP contribution in [0.5, 0.6) is 17.5 Å². The maximum absolute atomic E-state index is 12.4. The molecule has 3 aromatic rings. The number of hydrogen-bond acceptors (Lipinski definition) is 9. The quantitative estimate of drug-likeness (QED) is 0.456. The molecule has 1 aliphatic rings. The number of piperidine rings is 1. The monoisotopic (exact) mass is 421 g/mol. The third-order valence-electron chi connectivity index (χ3n) is 4.85. The van der Waals surface area contributed by atoms with Gasteiger partial charge in [0.25, 0.3) is 0 Å². The average Bonchev–Trinajstić information content (AvgIpc) is 2.80. The Morgan fingerprint density at radius 2 is 1.81 bits per heavy atom. The van der Waals surface area contributed by atoms with Gasteiger partial charge in [0.15, 0.2) is 0 Å². The number of anilines is 3. The van der Waals surface area contributed by atoms with Crippen molar-refractivity contribution in [3.05, 3.63) is 54.1 Å². The van der Waals surface area contributed by atoms with Crippen LogP contribution < -0.4 is 19.7 Å². The Balaban J connectivity index is 1.51. The molecule has 9 heteroatoms. The summed E-state index contributed by atoms with van der Waals surface area (Å²) in [5.74, 6) is 0.358. The van der Waals surface area contributed by atoms with Crippen molar-refractivity contribution in [3.8, 4) is 17.5 Å². The molecule has 0 atom stereocenters. The number of carbonyl (C=O) groups is 1. The zero-order chi connectivity index (χ0) is 21.6. The highest BCUT2D eigenvalue weighted by atomic mass is 16.5. The molecule has 1 saturated heterocycles. The second kappa shape index (κ2) is 9.29. The number of carbonyl (C=O) groups excluding carboxylic acids is 1. The number of benzene rings is 2. The summed E-state index contributed by atoms with van der Waals surface area (Å²) >= 11 is 0. The first-order valence-corrected chi connectivity index (χ1v) is 10.0. The van der Waals surface area contributed by atoms with Gasteiger partial charge in [-0.1, -0.05) is 18.2 Å². The van der Waals surface area contributed by atoms with Crippen LogP contribution in [-0.2, 0) is 0 Å². The lowest BCUT2D eigenvalue weighted by molar-refractivity contribution is 0.0731. The van der Waals surface area contributed by atoms with Crippen LogP contribution in [-0.4, -0.2) is 46.2 Å². The minimum Gasteiger partial charge on any atom is -0.507 e. The number of aromatic nitrogens is 3. The van der Waals surface area contributed by atoms with E-state index in [9.17, 15) is 9.90 Å². The second-order valence-electron chi connectivity index (χ2n) is 7.05. The summed E-state index contributed by atoms with van der Waals surface area (Å²) in [4.78, 5) is 27.5. The molecule has 0 spiro atoms. The van der Waals surface area contributed by atoms with Crippen LogP contribution in [0.3, 0.4) is 0 Å². The van der Waals surface area contributed by atoms with Gasteiger partial charge in [-0.15, -0.1) is 0 Å². The number of para-hydroxylation sites is 1. The fourth-order valence-electron chi connectivity index (χ4n) is 3.29. The lowest BCUT2D eigenvalue weighted by Gasteiger charge is -2.26. The van der Waals surface area contributed by atoms with Gasteiger partial charge in [-0.05, 0) is 43.5 Å². The first-order valence-electron chi connectivity index (χ1n) is 10.0. The van der Waals surface area contributed by atoms with Crippen molar-refractivity contribution < 1.29 is 19.4 Å². The first-order chi connectivity index (χ1) is 15.1. The van der Waals surface area contributed by atoms with Gasteiger partial charge in [-0.3, -0.25) is 0 Å². The molecule has 0 bridgehead atoms. The van der Waals surface area contributed by atoms with Crippen LogP contribution in [0.15, 0.2) is 48.5 Å². The minimum atomic E-state index is -0.649. The topological polar surface area (TPSA) is 110 Å². The summed E-state index contributed by atoms with van der Waals surface area (Å²) < 4.78 is 10.5. The van der Waals surface area contributed by atoms with E-state index in [0.29, 0.717) is 17.4 Å². The Morgan fingerprint density at radius 3 is 2.52 bits per heavy atom. The van der Waals surface area contributed by atoms with Crippen LogP contribution in [0.25, 0.3) is 0 Å². The molecular weight excluding hydrogens is 398 g/mol. The summed E-state index contributed by atoms with van der Waals surface area (Å²) in [6.45, 7) is 1.76. The van der Waals surface area contributed by atoms with Crippen LogP contribution in [0.4, 0.5) is 17.6 Å². The third-order valence-corrected chi connectivity index (χ3v) is 4.85. The molecule has 9 nitrogen and oxygen atoms in total. The van der Waals surface area contributed by atoms with E-state index in [2.05, 4.69) is 25.2 Å². The van der Waals surface area contributed by atoms with Crippen molar-refractivity contribution in [2.24, 2.45) is 0 Å². The molecule has 4 rings (SSSR count). The third kappa shape index (κ3) is 5.00. The molecule has 1 aliphatic heterocycles. The number of nitrogens with one attached hydrogen (secondary N) is 1. The van der Waals surface area contributed by atoms with Crippen LogP contribution in [0, 0.1) is 0 Å². The molecule has 2 N–H and O–H groups in total. The number of esters is 1. The highest BCUT2D eigenvalue weighted by Crippen LogP contribution is 2.26. The standard InChI is InChI=1S/C22H23N5O4/c1-30-22-25-20(24-21(26-22)27-12-6-3-7-13-27)23-15-10-11-17(18(28)14-15)19(29)31-16-8-4-2-5-9-16/h2,4-5,8-11,14,28H,3,6-7,12-13H2,1H3,(H,23,24,25,26). The summed E-state index contributed by atoms with van der Waals surface area (Å²) in [6.07, 6.45) is 3.37. The number of nitrogens with zero attached hydrogens (tertiary/aromatic N) is 4. The molecule has 0 unspecified atom stereocenters. The molecule has 31 heavy (non-hydrogen) atoms. The second-order valence-corrected chi connectivity index (χ2v) is 7.05. The van der Waals surface area contributed by atoms with E-state index < -0.39 is 5.97 Å². The molecule has 2 aromatic carbocycles. The van der Waals surface area contributed by atoms with E-state index in [1.807, 2.05) is 6.07 Å². The largest absolute Gasteiger partial charge is 0.507 e. The van der Waals surface area contributed by atoms with Crippen molar-refractivity contribution in [3.63, 3.8) is 0 Å². The SMILES string of the molecule is COc1nc(Nc2ccc(C(=O)Oc3ccccc3)c(O)c2)nc(N2CCCCC2)n1. The van der Waals surface area contributed by atoms with Crippen molar-refractivity contribution in [1.82, 2.24) is 15.0 Å². The maximum Gasteiger partial charge on any atom is 0.347 e. The Bertz CT molecular complexity index is 1060. The number of ether oxygens (including phenoxy) is 2. The lowest BCUT2D eigenvalue weighted by atomic mass is 10.1. The Hall–Kier alpha value is -3.88. The van der Waals surface area contributed by atoms with Crippen LogP contribution in [0.2, 0.25) is 0 Å². The van der Waals surface area contributed by atoms with Gasteiger partial charge in [-0.2, -0.15) is 15.0 Å². The molecule has 2 heterocycles. The number of rotatable bonds is 6. The van der Waals surface area contributed by atoms with Gasteiger partial charge in [0.2, 0.25) is 11.9 Å². The molecule has 1 aromatic heterocycles. The molecule has 0 aliphatic carbocycles. The van der Waals surface area contributed by atoms with Crippen molar-refractivity contribution in [1.29, 1.82) is 0 Å². The van der Waals surface area contributed by atoms with E-state index in [4.69, 9.17) is 9.47 Å². The zero-order valence-corrected chi connectivity index (χ0v) is 17.1. The average molecular weight is 421 g/mol. The number of hydrogen-bond donors (Lipinski definition) is 2. The van der Waals surface area contributed by atoms with Gasteiger partial charge in [0.1, 0.15) is 17.1 Å². The number of aromatic hydroxyl groups is 1. The molecular formula is C22H23N5O4. The van der Waals surface area contributed by atoms with Crippen LogP contribution in [0.1, 0.15) is 29.6 Å². The molecule has 0 amide bonds. The van der Waals surface area contributed by atoms with Gasteiger partial charge >= 0.3 is 12.0 Å². The first kappa shape index (κ1) is 20.4. The van der Waals surface area contributed by atoms with Gasteiger partial charge in [0, 0.05) is 24.8 Å². The van der Waals surface area contributed by atoms with E-state index in [0.717, 1.165) is 25.9 Å². The van der Waals surface area contributed by atoms with Gasteiger partial charge in [-0.25, -0.2) is 4.79 Å². The highest BCUT2D eigenvalue weighted by Gasteiger charge is 2.18. The molecule has 1 fully saturated rings. The number of phenols is 1. The summed E-state index contributed by atoms with van der Waals surface area (Å²) in [5.41, 5.74) is 0.559. The normalized spacial score (nSPS) is 13.5. The highest BCUT2D eigenvalue weighted by molar-refractivity contribution is 5.94. The van der Waals surface area contributed by atoms with Crippen molar-refractivity contribution in [2.45, 2.75) is 19.3 Å². The molecule has 0 radical (unpaired) electrons. The Kier molecular flexibility index (Phi) is 6.11. The predicted octanol–water partition coefficient (Wildman–Crippen LogP) is 3.54. The number of methoxy groups -OCH3 is 1. The van der Waals surface area contributed by atoms with Crippen molar-refractivity contribution >= 4 is 23.6 Å². The van der Waals surface area contributed by atoms with Crippen LogP contribution >= 0.6 is 0 Å². The zero-order valence-electron chi connectivity index (χ0n) is 17.1. The minimum absolute atomic E-state index is 0.0524. The molecule has 0 saturated carbocycles. The molecule has 160 valence electrons. The van der Waals surface area contributed by atoms with E-state index >= 15 is 0 Å². The van der Waals surface area contributed by atoms with E-state index in [1.54, 1.807) is 30.3 Å². The fourth-order valence-corrected chi connectivity index (χ4v) is 3.29. The summed E-state index contributed by atoms with van der Waals surface area (Å²) in [7, 11) is 1.50. The Morgan fingerprint density at radius 1 is 1.03 bits per heavy atom. The summed E-state index contributed by atoms with van der Waals surface area (Å²) in [5, 5.41) is 13.4. The van der Waals surface area contributed by atoms with E-state index in [1.165, 1.54) is 25.7 Å². The van der Waals surface area contributed by atoms with Crippen molar-refractivity contribution in [2.75, 3.05) is 30.4 Å². The predicted molar refractivity (Wildman–Crippen MR) is 115 cm³/mol. The Labute approximate surface area is 179 Å². The fraction of sp³-hybridized carbons (Fsp3) is 0.273. The smallest absolute Gasteiger partial charge is 0.347 e. The van der Waals surface area contributed by atoms with Gasteiger partial charge < -0.3 is 24.8 Å². The van der Waals surface area contributed by atoms with E-state index in [-0.39, 0.29) is 23.3 Å².